The fourth-order valence-corrected chi connectivity index (χ4v) is 2.51. The highest BCUT2D eigenvalue weighted by Crippen LogP contribution is 2.28. The maximum atomic E-state index is 2.29. The quantitative estimate of drug-likeness (QED) is 0.425. The van der Waals surface area contributed by atoms with E-state index in [4.69, 9.17) is 0 Å². The molecule has 1 fully saturated rings. The largest absolute Gasteiger partial charge is 0.124 e. The van der Waals surface area contributed by atoms with Crippen LogP contribution in [0.4, 0.5) is 0 Å². The Balaban J connectivity index is 1.86. The Kier molecular flexibility index (Phi) is 6.40. The van der Waals surface area contributed by atoms with Gasteiger partial charge in [0, 0.05) is 0 Å². The van der Waals surface area contributed by atoms with Crippen LogP contribution in [0.1, 0.15) is 64.7 Å². The molecule has 0 aromatic heterocycles. The van der Waals surface area contributed by atoms with Gasteiger partial charge >= 0.3 is 0 Å². The minimum absolute atomic E-state index is 1.11. The Morgan fingerprint density at radius 2 is 1.77 bits per heavy atom. The molecular weight excluding hydrogens is 155 g/mol. The first-order chi connectivity index (χ1) is 6.43. The number of hydrogen-bond donors (Lipinski definition) is 0. The van der Waals surface area contributed by atoms with E-state index in [1.807, 2.05) is 0 Å². The summed E-state index contributed by atoms with van der Waals surface area (Å²) in [5, 5.41) is 0. The van der Waals surface area contributed by atoms with Gasteiger partial charge in [-0.15, -0.1) is 0 Å². The van der Waals surface area contributed by atoms with Gasteiger partial charge < -0.3 is 0 Å². The Bertz CT molecular complexity index is 106. The van der Waals surface area contributed by atoms with E-state index >= 15 is 0 Å². The maximum Gasteiger partial charge on any atom is 0.124 e. The molecule has 0 aromatic rings. The van der Waals surface area contributed by atoms with Gasteiger partial charge in [-0.3, -0.25) is 0 Å². The molecule has 0 radical (unpaired) electrons. The lowest BCUT2D eigenvalue weighted by Gasteiger charge is -2.20. The van der Waals surface area contributed by atoms with Crippen molar-refractivity contribution < 1.29 is 0 Å². The zero-order valence-electron chi connectivity index (χ0n) is 9.36. The molecule has 0 aromatic carbocycles. The molecule has 1 rings (SSSR count). The second-order valence-corrected chi connectivity index (χ2v) is 4.71. The van der Waals surface area contributed by atoms with Gasteiger partial charge in [-0.05, 0) is 0 Å². The van der Waals surface area contributed by atoms with Gasteiger partial charge in [-0.1, -0.05) is 76.8 Å². The summed E-state index contributed by atoms with van der Waals surface area (Å²) in [5.74, 6) is 1.11. The van der Waals surface area contributed by atoms with Crippen LogP contribution in [-0.2, 0) is 0 Å². The van der Waals surface area contributed by atoms with E-state index in [0.29, 0.717) is 0 Å². The van der Waals surface area contributed by atoms with E-state index in [2.05, 4.69) is 6.92 Å². The molecule has 13 heavy (non-hydrogen) atoms. The molecule has 76 valence electrons. The van der Waals surface area contributed by atoms with Gasteiger partial charge in [0.15, 0.2) is 0 Å². The molecule has 0 spiro atoms. The highest BCUT2D eigenvalue weighted by Gasteiger charge is 2.13. The zero-order chi connectivity index (χ0) is 9.36. The SMILES string of the molecule is CCCCCCBC1CCCCC1. The third-order valence-corrected chi connectivity index (χ3v) is 3.44. The molecule has 0 heterocycles. The summed E-state index contributed by atoms with van der Waals surface area (Å²) in [6.45, 7) is 2.29. The van der Waals surface area contributed by atoms with Crippen LogP contribution in [0.5, 0.6) is 0 Å². The van der Waals surface area contributed by atoms with Crippen molar-refractivity contribution in [1.29, 1.82) is 0 Å². The van der Waals surface area contributed by atoms with E-state index < -0.39 is 0 Å². The summed E-state index contributed by atoms with van der Waals surface area (Å²) in [4.78, 5) is 0. The van der Waals surface area contributed by atoms with Crippen molar-refractivity contribution >= 4 is 7.28 Å². The van der Waals surface area contributed by atoms with E-state index in [9.17, 15) is 0 Å². The lowest BCUT2D eigenvalue weighted by molar-refractivity contribution is 0.499. The molecule has 0 aliphatic heterocycles. The minimum atomic E-state index is 1.11. The van der Waals surface area contributed by atoms with Gasteiger partial charge in [0.2, 0.25) is 0 Å². The molecule has 0 bridgehead atoms. The number of unbranched alkanes of at least 4 members (excludes halogenated alkanes) is 3. The standard InChI is InChI=1S/C12H25B/c1-2-3-4-8-11-13-12-9-6-5-7-10-12/h12-13H,2-11H2,1H3. The Labute approximate surface area is 84.7 Å². The maximum absolute atomic E-state index is 2.29. The number of rotatable bonds is 6. The first-order valence-corrected chi connectivity index (χ1v) is 6.43. The monoisotopic (exact) mass is 180 g/mol. The predicted octanol–water partition coefficient (Wildman–Crippen LogP) is 4.17. The predicted molar refractivity (Wildman–Crippen MR) is 62.9 cm³/mol. The van der Waals surface area contributed by atoms with Gasteiger partial charge in [-0.2, -0.15) is 0 Å². The second kappa shape index (κ2) is 7.47. The number of hydrogen-bond acceptors (Lipinski definition) is 0. The molecule has 0 N–H and O–H groups in total. The summed E-state index contributed by atoms with van der Waals surface area (Å²) in [6, 6.07) is 0. The van der Waals surface area contributed by atoms with Crippen LogP contribution < -0.4 is 0 Å². The molecule has 0 unspecified atom stereocenters. The van der Waals surface area contributed by atoms with Crippen molar-refractivity contribution in [3.63, 3.8) is 0 Å². The van der Waals surface area contributed by atoms with Crippen molar-refractivity contribution in [2.75, 3.05) is 0 Å². The minimum Gasteiger partial charge on any atom is -0.0772 e. The summed E-state index contributed by atoms with van der Waals surface area (Å²) >= 11 is 0. The van der Waals surface area contributed by atoms with Gasteiger partial charge in [-0.25, -0.2) is 0 Å². The molecule has 0 nitrogen and oxygen atoms in total. The zero-order valence-corrected chi connectivity index (χ0v) is 9.36. The Morgan fingerprint density at radius 3 is 2.46 bits per heavy atom. The average molecular weight is 180 g/mol. The Morgan fingerprint density at radius 1 is 1.00 bits per heavy atom. The smallest absolute Gasteiger partial charge is 0.0772 e. The van der Waals surface area contributed by atoms with Crippen LogP contribution in [0, 0.1) is 0 Å². The first-order valence-electron chi connectivity index (χ1n) is 6.43. The van der Waals surface area contributed by atoms with Crippen molar-refractivity contribution in [1.82, 2.24) is 0 Å². The summed E-state index contributed by atoms with van der Waals surface area (Å²) in [7, 11) is 1.53. The summed E-state index contributed by atoms with van der Waals surface area (Å²) in [6.07, 6.45) is 14.9. The average Bonchev–Trinajstić information content (AvgIpc) is 2.19. The molecule has 0 saturated heterocycles. The lowest BCUT2D eigenvalue weighted by atomic mass is 9.56. The fourth-order valence-electron chi connectivity index (χ4n) is 2.51. The van der Waals surface area contributed by atoms with Crippen LogP contribution in [0.2, 0.25) is 12.1 Å². The topological polar surface area (TPSA) is 0 Å². The van der Waals surface area contributed by atoms with E-state index in [1.54, 1.807) is 0 Å². The van der Waals surface area contributed by atoms with Crippen LogP contribution in [0.15, 0.2) is 0 Å². The van der Waals surface area contributed by atoms with Gasteiger partial charge in [0.1, 0.15) is 7.28 Å². The molecule has 0 amide bonds. The fraction of sp³-hybridized carbons (Fsp3) is 1.00. The van der Waals surface area contributed by atoms with Crippen LogP contribution in [0.25, 0.3) is 0 Å². The van der Waals surface area contributed by atoms with Crippen LogP contribution in [0.3, 0.4) is 0 Å². The molecule has 1 saturated carbocycles. The molecular formula is C12H25B. The molecule has 1 aliphatic carbocycles. The van der Waals surface area contributed by atoms with E-state index in [0.717, 1.165) is 5.82 Å². The van der Waals surface area contributed by atoms with E-state index in [1.165, 1.54) is 71.4 Å². The van der Waals surface area contributed by atoms with Crippen molar-refractivity contribution in [3.8, 4) is 0 Å². The third-order valence-electron chi connectivity index (χ3n) is 3.44. The highest BCUT2D eigenvalue weighted by molar-refractivity contribution is 6.37. The lowest BCUT2D eigenvalue weighted by Crippen LogP contribution is -2.07. The molecule has 1 aliphatic rings. The third kappa shape index (κ3) is 5.39. The summed E-state index contributed by atoms with van der Waals surface area (Å²) < 4.78 is 0. The molecule has 0 atom stereocenters. The van der Waals surface area contributed by atoms with Crippen LogP contribution >= 0.6 is 0 Å². The summed E-state index contributed by atoms with van der Waals surface area (Å²) in [5.41, 5.74) is 0. The van der Waals surface area contributed by atoms with Gasteiger partial charge in [0.25, 0.3) is 0 Å². The van der Waals surface area contributed by atoms with Gasteiger partial charge in [0.05, 0.1) is 0 Å². The Hall–Kier alpha value is 0.0649. The second-order valence-electron chi connectivity index (χ2n) is 4.71. The highest BCUT2D eigenvalue weighted by atomic mass is 14.1. The first kappa shape index (κ1) is 11.1. The van der Waals surface area contributed by atoms with Crippen molar-refractivity contribution in [2.45, 2.75) is 76.8 Å². The van der Waals surface area contributed by atoms with Crippen molar-refractivity contribution in [2.24, 2.45) is 0 Å². The molecule has 1 heteroatoms. The van der Waals surface area contributed by atoms with Crippen LogP contribution in [-0.4, -0.2) is 7.28 Å². The normalized spacial score (nSPS) is 18.8. The van der Waals surface area contributed by atoms with E-state index in [-0.39, 0.29) is 0 Å². The van der Waals surface area contributed by atoms with Crippen molar-refractivity contribution in [3.05, 3.63) is 0 Å².